The minimum absolute atomic E-state index is 0.256. The van der Waals surface area contributed by atoms with Gasteiger partial charge in [0, 0.05) is 18.8 Å². The Hall–Kier alpha value is -0.980. The highest BCUT2D eigenvalue weighted by molar-refractivity contribution is 5.50. The fourth-order valence-corrected chi connectivity index (χ4v) is 2.32. The second kappa shape index (κ2) is 4.48. The van der Waals surface area contributed by atoms with E-state index in [9.17, 15) is 0 Å². The summed E-state index contributed by atoms with van der Waals surface area (Å²) < 4.78 is 0. The highest BCUT2D eigenvalue weighted by atomic mass is 15.1. The average molecular weight is 217 g/mol. The van der Waals surface area contributed by atoms with Crippen molar-refractivity contribution in [1.29, 1.82) is 0 Å². The van der Waals surface area contributed by atoms with Gasteiger partial charge in [-0.25, -0.2) is 0 Å². The number of anilines is 1. The molecule has 1 fully saturated rings. The van der Waals surface area contributed by atoms with E-state index in [1.807, 2.05) is 0 Å². The Balaban J connectivity index is 2.21. The lowest BCUT2D eigenvalue weighted by atomic mass is 9.87. The molecule has 0 aromatic heterocycles. The van der Waals surface area contributed by atoms with Gasteiger partial charge < -0.3 is 4.90 Å². The summed E-state index contributed by atoms with van der Waals surface area (Å²) in [5.41, 5.74) is 3.11. The van der Waals surface area contributed by atoms with Crippen molar-refractivity contribution in [3.05, 3.63) is 29.8 Å². The van der Waals surface area contributed by atoms with Crippen molar-refractivity contribution in [2.24, 2.45) is 0 Å². The van der Waals surface area contributed by atoms with Crippen LogP contribution in [0.4, 0.5) is 5.69 Å². The van der Waals surface area contributed by atoms with Crippen LogP contribution in [0, 0.1) is 0 Å². The molecule has 2 rings (SSSR count). The summed E-state index contributed by atoms with van der Waals surface area (Å²) in [5, 5.41) is 0. The Morgan fingerprint density at radius 1 is 1.00 bits per heavy atom. The number of hydrogen-bond donors (Lipinski definition) is 0. The fourth-order valence-electron chi connectivity index (χ4n) is 2.32. The molecule has 1 nitrogen and oxygen atoms in total. The monoisotopic (exact) mass is 217 g/mol. The lowest BCUT2D eigenvalue weighted by Gasteiger charge is -2.30. The molecule has 0 spiro atoms. The molecular formula is C15H23N. The summed E-state index contributed by atoms with van der Waals surface area (Å²) in [6, 6.07) is 9.06. The lowest BCUT2D eigenvalue weighted by Crippen LogP contribution is -2.29. The first-order valence-corrected chi connectivity index (χ1v) is 6.43. The van der Waals surface area contributed by atoms with E-state index in [1.165, 1.54) is 43.6 Å². The van der Waals surface area contributed by atoms with Gasteiger partial charge in [0.25, 0.3) is 0 Å². The average Bonchev–Trinajstić information content (AvgIpc) is 2.29. The third-order valence-electron chi connectivity index (χ3n) is 3.43. The van der Waals surface area contributed by atoms with Gasteiger partial charge in [0.2, 0.25) is 0 Å². The van der Waals surface area contributed by atoms with Crippen LogP contribution in [-0.2, 0) is 5.41 Å². The molecule has 1 heteroatoms. The summed E-state index contributed by atoms with van der Waals surface area (Å²) in [5.74, 6) is 0. The minimum atomic E-state index is 0.256. The molecule has 1 heterocycles. The predicted octanol–water partition coefficient (Wildman–Crippen LogP) is 3.97. The van der Waals surface area contributed by atoms with E-state index >= 15 is 0 Å². The van der Waals surface area contributed by atoms with Gasteiger partial charge >= 0.3 is 0 Å². The highest BCUT2D eigenvalue weighted by Gasteiger charge is 2.16. The van der Waals surface area contributed by atoms with Crippen molar-refractivity contribution in [1.82, 2.24) is 0 Å². The van der Waals surface area contributed by atoms with Crippen LogP contribution in [0.15, 0.2) is 24.3 Å². The molecule has 0 saturated carbocycles. The SMILES string of the molecule is CC(C)(C)c1cccc(N2CCCCC2)c1. The topological polar surface area (TPSA) is 3.24 Å². The highest BCUT2D eigenvalue weighted by Crippen LogP contribution is 2.27. The molecular weight excluding hydrogens is 194 g/mol. The number of nitrogens with zero attached hydrogens (tertiary/aromatic N) is 1. The molecule has 0 N–H and O–H groups in total. The van der Waals surface area contributed by atoms with Gasteiger partial charge in [0.1, 0.15) is 0 Å². The Kier molecular flexibility index (Phi) is 3.22. The molecule has 88 valence electrons. The van der Waals surface area contributed by atoms with Gasteiger partial charge in [-0.1, -0.05) is 32.9 Å². The van der Waals surface area contributed by atoms with Crippen molar-refractivity contribution in [2.75, 3.05) is 18.0 Å². The van der Waals surface area contributed by atoms with E-state index in [1.54, 1.807) is 0 Å². The van der Waals surface area contributed by atoms with E-state index in [2.05, 4.69) is 49.9 Å². The molecule has 16 heavy (non-hydrogen) atoms. The molecule has 0 bridgehead atoms. The Bertz CT molecular complexity index is 343. The zero-order valence-electron chi connectivity index (χ0n) is 10.8. The molecule has 0 atom stereocenters. The molecule has 0 radical (unpaired) electrons. The first-order chi connectivity index (χ1) is 7.57. The summed E-state index contributed by atoms with van der Waals surface area (Å²) in [6.45, 7) is 9.30. The Labute approximate surface area is 99.5 Å². The van der Waals surface area contributed by atoms with Crippen LogP contribution in [0.1, 0.15) is 45.6 Å². The lowest BCUT2D eigenvalue weighted by molar-refractivity contribution is 0.572. The molecule has 1 aliphatic rings. The standard InChI is InChI=1S/C15H23N/c1-15(2,3)13-8-7-9-14(12-13)16-10-5-4-6-11-16/h7-9,12H,4-6,10-11H2,1-3H3. The van der Waals surface area contributed by atoms with Gasteiger partial charge in [-0.15, -0.1) is 0 Å². The maximum absolute atomic E-state index is 2.53. The third kappa shape index (κ3) is 2.58. The molecule has 0 aliphatic carbocycles. The summed E-state index contributed by atoms with van der Waals surface area (Å²) in [6.07, 6.45) is 4.09. The number of benzene rings is 1. The minimum Gasteiger partial charge on any atom is -0.372 e. The molecule has 0 amide bonds. The summed E-state index contributed by atoms with van der Waals surface area (Å²) in [7, 11) is 0. The Morgan fingerprint density at radius 3 is 2.31 bits per heavy atom. The summed E-state index contributed by atoms with van der Waals surface area (Å²) in [4.78, 5) is 2.53. The second-order valence-electron chi connectivity index (χ2n) is 5.85. The van der Waals surface area contributed by atoms with Gasteiger partial charge in [-0.2, -0.15) is 0 Å². The van der Waals surface area contributed by atoms with Crippen molar-refractivity contribution in [2.45, 2.75) is 45.4 Å². The molecule has 0 unspecified atom stereocenters. The van der Waals surface area contributed by atoms with Crippen LogP contribution in [-0.4, -0.2) is 13.1 Å². The predicted molar refractivity (Wildman–Crippen MR) is 71.2 cm³/mol. The summed E-state index contributed by atoms with van der Waals surface area (Å²) >= 11 is 0. The number of piperidine rings is 1. The maximum atomic E-state index is 2.53. The van der Waals surface area contributed by atoms with Crippen molar-refractivity contribution < 1.29 is 0 Å². The first-order valence-electron chi connectivity index (χ1n) is 6.43. The van der Waals surface area contributed by atoms with E-state index in [0.29, 0.717) is 0 Å². The zero-order valence-corrected chi connectivity index (χ0v) is 10.8. The van der Waals surface area contributed by atoms with Crippen molar-refractivity contribution in [3.8, 4) is 0 Å². The van der Waals surface area contributed by atoms with Crippen molar-refractivity contribution >= 4 is 5.69 Å². The number of hydrogen-bond acceptors (Lipinski definition) is 1. The quantitative estimate of drug-likeness (QED) is 0.688. The van der Waals surface area contributed by atoms with Crippen LogP contribution >= 0.6 is 0 Å². The largest absolute Gasteiger partial charge is 0.372 e. The molecule has 1 saturated heterocycles. The van der Waals surface area contributed by atoms with Gasteiger partial charge in [-0.05, 0) is 42.4 Å². The van der Waals surface area contributed by atoms with Gasteiger partial charge in [-0.3, -0.25) is 0 Å². The smallest absolute Gasteiger partial charge is 0.0369 e. The van der Waals surface area contributed by atoms with Crippen molar-refractivity contribution in [3.63, 3.8) is 0 Å². The third-order valence-corrected chi connectivity index (χ3v) is 3.43. The van der Waals surface area contributed by atoms with Crippen LogP contribution in [0.2, 0.25) is 0 Å². The van der Waals surface area contributed by atoms with Gasteiger partial charge in [0.05, 0.1) is 0 Å². The Morgan fingerprint density at radius 2 is 1.69 bits per heavy atom. The zero-order chi connectivity index (χ0) is 11.6. The fraction of sp³-hybridized carbons (Fsp3) is 0.600. The van der Waals surface area contributed by atoms with E-state index in [4.69, 9.17) is 0 Å². The number of rotatable bonds is 1. The molecule has 1 aromatic carbocycles. The van der Waals surface area contributed by atoms with Crippen LogP contribution in [0.3, 0.4) is 0 Å². The molecule has 1 aromatic rings. The van der Waals surface area contributed by atoms with Crippen LogP contribution in [0.25, 0.3) is 0 Å². The van der Waals surface area contributed by atoms with E-state index < -0.39 is 0 Å². The molecule has 1 aliphatic heterocycles. The van der Waals surface area contributed by atoms with E-state index in [-0.39, 0.29) is 5.41 Å². The van der Waals surface area contributed by atoms with E-state index in [0.717, 1.165) is 0 Å². The van der Waals surface area contributed by atoms with Crippen LogP contribution in [0.5, 0.6) is 0 Å². The first kappa shape index (κ1) is 11.5. The maximum Gasteiger partial charge on any atom is 0.0369 e. The second-order valence-corrected chi connectivity index (χ2v) is 5.85. The van der Waals surface area contributed by atoms with Crippen LogP contribution < -0.4 is 4.90 Å². The normalized spacial score (nSPS) is 17.6. The van der Waals surface area contributed by atoms with Gasteiger partial charge in [0.15, 0.2) is 0 Å².